The van der Waals surface area contributed by atoms with Crippen LogP contribution in [0.25, 0.3) is 22.2 Å². The smallest absolute Gasteiger partial charge is 0.418 e. The summed E-state index contributed by atoms with van der Waals surface area (Å²) in [5.74, 6) is 0.643. The van der Waals surface area contributed by atoms with Crippen LogP contribution in [-0.2, 0) is 6.18 Å². The van der Waals surface area contributed by atoms with E-state index in [-0.39, 0.29) is 52.8 Å². The normalized spacial score (nSPS) is 19.9. The lowest BCUT2D eigenvalue weighted by Crippen LogP contribution is -2.47. The third kappa shape index (κ3) is 3.96. The van der Waals surface area contributed by atoms with E-state index in [9.17, 15) is 18.4 Å². The van der Waals surface area contributed by atoms with Crippen LogP contribution in [0.1, 0.15) is 24.0 Å². The average molecular weight is 504 g/mol. The van der Waals surface area contributed by atoms with Gasteiger partial charge in [0.15, 0.2) is 5.75 Å². The lowest BCUT2D eigenvalue weighted by atomic mass is 9.99. The second-order valence-electron chi connectivity index (χ2n) is 8.62. The van der Waals surface area contributed by atoms with Gasteiger partial charge in [-0.05, 0) is 37.6 Å². The van der Waals surface area contributed by atoms with Gasteiger partial charge in [0.05, 0.1) is 45.7 Å². The maximum Gasteiger partial charge on any atom is 0.418 e. The molecular formula is C23H21ClF3N7O. The number of hydrogen-bond acceptors (Lipinski definition) is 8. The summed E-state index contributed by atoms with van der Waals surface area (Å²) in [6, 6.07) is 4.57. The number of halogens is 4. The van der Waals surface area contributed by atoms with Gasteiger partial charge in [0.25, 0.3) is 0 Å². The van der Waals surface area contributed by atoms with E-state index in [1.165, 1.54) is 25.4 Å². The van der Waals surface area contributed by atoms with Crippen molar-refractivity contribution in [2.75, 3.05) is 30.3 Å². The van der Waals surface area contributed by atoms with E-state index in [1.807, 2.05) is 0 Å². The lowest BCUT2D eigenvalue weighted by molar-refractivity contribution is -0.137. The molecule has 12 heteroatoms. The van der Waals surface area contributed by atoms with Crippen LogP contribution < -0.4 is 20.7 Å². The number of nitrogens with zero attached hydrogens (tertiary/aromatic N) is 5. The van der Waals surface area contributed by atoms with Crippen molar-refractivity contribution in [1.82, 2.24) is 20.3 Å². The highest BCUT2D eigenvalue weighted by molar-refractivity contribution is 6.36. The molecule has 1 aromatic carbocycles. The predicted molar refractivity (Wildman–Crippen MR) is 125 cm³/mol. The molecule has 2 atom stereocenters. The number of hydrogen-bond donors (Lipinski definition) is 2. The van der Waals surface area contributed by atoms with Crippen LogP contribution >= 0.6 is 11.6 Å². The Hall–Kier alpha value is -3.36. The molecule has 0 bridgehead atoms. The van der Waals surface area contributed by atoms with E-state index in [0.29, 0.717) is 23.3 Å². The molecular weight excluding hydrogens is 483 g/mol. The summed E-state index contributed by atoms with van der Waals surface area (Å²) in [7, 11) is 0. The molecule has 2 aromatic heterocycles. The number of nitriles is 1. The van der Waals surface area contributed by atoms with Gasteiger partial charge in [0, 0.05) is 18.2 Å². The number of anilines is 2. The van der Waals surface area contributed by atoms with Crippen LogP contribution in [-0.4, -0.2) is 46.7 Å². The Labute approximate surface area is 203 Å². The Morgan fingerprint density at radius 1 is 1.34 bits per heavy atom. The topological polar surface area (TPSA) is 113 Å². The van der Waals surface area contributed by atoms with Gasteiger partial charge in [-0.15, -0.1) is 0 Å². The van der Waals surface area contributed by atoms with Crippen molar-refractivity contribution in [1.29, 1.82) is 5.26 Å². The molecule has 0 spiro atoms. The van der Waals surface area contributed by atoms with E-state index in [2.05, 4.69) is 31.2 Å². The van der Waals surface area contributed by atoms with E-state index >= 15 is 0 Å². The third-order valence-electron chi connectivity index (χ3n) is 6.39. The number of ether oxygens (including phenoxy) is 1. The predicted octanol–water partition coefficient (Wildman–Crippen LogP) is 4.10. The third-order valence-corrected chi connectivity index (χ3v) is 6.76. The number of aromatic nitrogens is 3. The fraction of sp³-hybridized carbons (Fsp3) is 0.391. The first-order valence-electron chi connectivity index (χ1n) is 11.0. The molecule has 0 radical (unpaired) electrons. The van der Waals surface area contributed by atoms with Gasteiger partial charge in [0.2, 0.25) is 0 Å². The van der Waals surface area contributed by atoms with Gasteiger partial charge >= 0.3 is 6.18 Å². The standard InChI is InChI=1S/C23H21ClF3N7O/c1-11-6-16(29)33-20(18(11)23(25,26)27)14-7-15-17-21(19(14)24)35-9-13(2-4-28)34(12-3-5-30-8-12)22(17)32-10-31-15/h6-7,10,12-13,30H,2-3,5,8-9H2,1H3,(H2,29,33)/t12-,13-/m0/s1. The maximum atomic E-state index is 14.0. The van der Waals surface area contributed by atoms with E-state index < -0.39 is 17.4 Å². The first kappa shape index (κ1) is 23.4. The molecule has 0 saturated carbocycles. The molecule has 0 amide bonds. The Morgan fingerprint density at radius 2 is 2.14 bits per heavy atom. The Balaban J connectivity index is 1.78. The van der Waals surface area contributed by atoms with E-state index in [1.54, 1.807) is 0 Å². The lowest BCUT2D eigenvalue weighted by Gasteiger charge is -2.34. The van der Waals surface area contributed by atoms with Gasteiger partial charge < -0.3 is 20.7 Å². The summed E-state index contributed by atoms with van der Waals surface area (Å²) in [6.45, 7) is 2.96. The van der Waals surface area contributed by atoms with Crippen molar-refractivity contribution < 1.29 is 17.9 Å². The molecule has 3 aromatic rings. The first-order chi connectivity index (χ1) is 16.7. The van der Waals surface area contributed by atoms with E-state index in [0.717, 1.165) is 13.0 Å². The molecule has 1 saturated heterocycles. The average Bonchev–Trinajstić information content (AvgIpc) is 3.25. The Kier molecular flexibility index (Phi) is 5.81. The summed E-state index contributed by atoms with van der Waals surface area (Å²) in [4.78, 5) is 14.9. The van der Waals surface area contributed by atoms with Gasteiger partial charge in [-0.3, -0.25) is 0 Å². The number of pyridine rings is 1. The molecule has 2 aliphatic rings. The van der Waals surface area contributed by atoms with Crippen molar-refractivity contribution in [3.8, 4) is 23.1 Å². The second kappa shape index (κ2) is 8.70. The summed E-state index contributed by atoms with van der Waals surface area (Å²) < 4.78 is 48.2. The monoisotopic (exact) mass is 503 g/mol. The van der Waals surface area contributed by atoms with Gasteiger partial charge in [0.1, 0.15) is 24.6 Å². The molecule has 0 unspecified atom stereocenters. The van der Waals surface area contributed by atoms with Crippen molar-refractivity contribution >= 4 is 34.1 Å². The van der Waals surface area contributed by atoms with Gasteiger partial charge in [-0.1, -0.05) is 11.6 Å². The van der Waals surface area contributed by atoms with Crippen LogP contribution in [0.5, 0.6) is 5.75 Å². The minimum atomic E-state index is -4.69. The summed E-state index contributed by atoms with van der Waals surface area (Å²) in [5, 5.41) is 13.2. The highest BCUT2D eigenvalue weighted by Gasteiger charge is 2.39. The van der Waals surface area contributed by atoms with Gasteiger partial charge in [-0.2, -0.15) is 18.4 Å². The molecule has 4 heterocycles. The Morgan fingerprint density at radius 3 is 2.83 bits per heavy atom. The van der Waals surface area contributed by atoms with Crippen LogP contribution in [0.2, 0.25) is 5.02 Å². The minimum absolute atomic E-state index is 0.00866. The van der Waals surface area contributed by atoms with Crippen molar-refractivity contribution in [3.05, 3.63) is 34.6 Å². The van der Waals surface area contributed by atoms with Crippen LogP contribution in [0, 0.1) is 18.3 Å². The first-order valence-corrected chi connectivity index (χ1v) is 11.4. The zero-order valence-corrected chi connectivity index (χ0v) is 19.4. The fourth-order valence-electron chi connectivity index (χ4n) is 4.95. The van der Waals surface area contributed by atoms with E-state index in [4.69, 9.17) is 22.1 Å². The zero-order chi connectivity index (χ0) is 24.9. The van der Waals surface area contributed by atoms with Crippen LogP contribution in [0.4, 0.5) is 24.8 Å². The second-order valence-corrected chi connectivity index (χ2v) is 9.00. The molecule has 182 valence electrons. The maximum absolute atomic E-state index is 14.0. The number of nitrogen functional groups attached to an aromatic ring is 1. The molecule has 1 fully saturated rings. The van der Waals surface area contributed by atoms with Crippen LogP contribution in [0.3, 0.4) is 0 Å². The minimum Gasteiger partial charge on any atom is -0.489 e. The number of nitrogens with one attached hydrogen (secondary N) is 1. The number of alkyl halides is 3. The molecule has 3 N–H and O–H groups in total. The SMILES string of the molecule is Cc1cc(N)nc(-c2cc3ncnc4c3c(c2Cl)OC[C@H](CC#N)N4[C@H]2CCNC2)c1C(F)(F)F. The highest BCUT2D eigenvalue weighted by atomic mass is 35.5. The summed E-state index contributed by atoms with van der Waals surface area (Å²) in [6.07, 6.45) is -2.31. The molecule has 8 nitrogen and oxygen atoms in total. The number of aryl methyl sites for hydroxylation is 1. The molecule has 0 aliphatic carbocycles. The number of rotatable bonds is 3. The molecule has 2 aliphatic heterocycles. The molecule has 5 rings (SSSR count). The number of nitrogens with two attached hydrogens (primary N) is 1. The fourth-order valence-corrected chi connectivity index (χ4v) is 5.24. The highest BCUT2D eigenvalue weighted by Crippen LogP contribution is 2.48. The van der Waals surface area contributed by atoms with Crippen molar-refractivity contribution in [2.24, 2.45) is 0 Å². The summed E-state index contributed by atoms with van der Waals surface area (Å²) in [5.41, 5.74) is 4.80. The van der Waals surface area contributed by atoms with Crippen molar-refractivity contribution in [2.45, 2.75) is 38.0 Å². The zero-order valence-electron chi connectivity index (χ0n) is 18.7. The van der Waals surface area contributed by atoms with Crippen molar-refractivity contribution in [3.63, 3.8) is 0 Å². The Bertz CT molecular complexity index is 1350. The summed E-state index contributed by atoms with van der Waals surface area (Å²) >= 11 is 6.74. The van der Waals surface area contributed by atoms with Crippen LogP contribution in [0.15, 0.2) is 18.5 Å². The quantitative estimate of drug-likeness (QED) is 0.549. The van der Waals surface area contributed by atoms with Gasteiger partial charge in [-0.25, -0.2) is 15.0 Å². The number of benzene rings is 1. The molecule has 35 heavy (non-hydrogen) atoms. The largest absolute Gasteiger partial charge is 0.489 e.